The van der Waals surface area contributed by atoms with Crippen LogP contribution >= 0.6 is 23.4 Å². The molecule has 0 spiro atoms. The molecule has 2 N–H and O–H groups in total. The molecule has 0 bridgehead atoms. The summed E-state index contributed by atoms with van der Waals surface area (Å²) in [5.41, 5.74) is 1.41. The van der Waals surface area contributed by atoms with E-state index in [4.69, 9.17) is 21.1 Å². The van der Waals surface area contributed by atoms with Gasteiger partial charge in [0.15, 0.2) is 6.61 Å². The summed E-state index contributed by atoms with van der Waals surface area (Å²) < 4.78 is 10.6. The van der Waals surface area contributed by atoms with Crippen molar-refractivity contribution in [1.82, 2.24) is 4.90 Å². The summed E-state index contributed by atoms with van der Waals surface area (Å²) in [7, 11) is 0. The molecule has 0 saturated carbocycles. The monoisotopic (exact) mass is 593 g/mol. The van der Waals surface area contributed by atoms with Gasteiger partial charge >= 0.3 is 5.97 Å². The summed E-state index contributed by atoms with van der Waals surface area (Å²) in [6, 6.07) is 19.9. The SMILES string of the molecule is CCOC(=O)c1cc(NC(=O)CN2C(=O)S/C(=C/c3ccccc3OCC(=O)Nc3ccccc3)C2=O)ccc1Cl. The zero-order valence-corrected chi connectivity index (χ0v) is 23.3. The van der Waals surface area contributed by atoms with Crippen molar-refractivity contribution >= 4 is 69.7 Å². The van der Waals surface area contributed by atoms with Gasteiger partial charge in [-0.1, -0.05) is 48.0 Å². The van der Waals surface area contributed by atoms with E-state index in [0.717, 1.165) is 4.90 Å². The van der Waals surface area contributed by atoms with Gasteiger partial charge in [-0.3, -0.25) is 24.1 Å². The number of anilines is 2. The second kappa shape index (κ2) is 13.6. The summed E-state index contributed by atoms with van der Waals surface area (Å²) in [6.07, 6.45) is 1.47. The Morgan fingerprint density at radius 2 is 1.63 bits per heavy atom. The number of nitrogens with zero attached hydrogens (tertiary/aromatic N) is 1. The number of para-hydroxylation sites is 2. The van der Waals surface area contributed by atoms with Gasteiger partial charge in [-0.2, -0.15) is 0 Å². The average molecular weight is 594 g/mol. The summed E-state index contributed by atoms with van der Waals surface area (Å²) in [6.45, 7) is 0.985. The Labute approximate surface area is 244 Å². The van der Waals surface area contributed by atoms with Crippen LogP contribution in [0.1, 0.15) is 22.8 Å². The lowest BCUT2D eigenvalue weighted by Crippen LogP contribution is -2.36. The first-order chi connectivity index (χ1) is 19.7. The van der Waals surface area contributed by atoms with Crippen molar-refractivity contribution in [1.29, 1.82) is 0 Å². The van der Waals surface area contributed by atoms with E-state index in [-0.39, 0.29) is 40.3 Å². The molecular weight excluding hydrogens is 570 g/mol. The molecule has 1 saturated heterocycles. The van der Waals surface area contributed by atoms with E-state index in [1.165, 1.54) is 24.3 Å². The van der Waals surface area contributed by atoms with Crippen molar-refractivity contribution in [3.8, 4) is 5.75 Å². The molecule has 3 aromatic carbocycles. The molecular formula is C29H24ClN3O7S. The number of hydrogen-bond donors (Lipinski definition) is 2. The number of hydrogen-bond acceptors (Lipinski definition) is 8. The second-order valence-electron chi connectivity index (χ2n) is 8.47. The van der Waals surface area contributed by atoms with Gasteiger partial charge in [-0.15, -0.1) is 0 Å². The molecule has 0 radical (unpaired) electrons. The number of thioether (sulfide) groups is 1. The number of carbonyl (C=O) groups excluding carboxylic acids is 5. The molecule has 1 fully saturated rings. The normalized spacial score (nSPS) is 13.7. The van der Waals surface area contributed by atoms with Crippen LogP contribution in [0.5, 0.6) is 5.75 Å². The maximum absolute atomic E-state index is 13.0. The van der Waals surface area contributed by atoms with Crippen molar-refractivity contribution in [3.63, 3.8) is 0 Å². The number of halogens is 1. The minimum Gasteiger partial charge on any atom is -0.483 e. The van der Waals surface area contributed by atoms with Crippen LogP contribution in [0.4, 0.5) is 16.2 Å². The maximum atomic E-state index is 13.0. The van der Waals surface area contributed by atoms with Crippen LogP contribution in [0.15, 0.2) is 77.7 Å². The van der Waals surface area contributed by atoms with Crippen molar-refractivity contribution in [2.45, 2.75) is 6.92 Å². The minimum atomic E-state index is -0.657. The summed E-state index contributed by atoms with van der Waals surface area (Å²) in [5.74, 6) is -1.99. The highest BCUT2D eigenvalue weighted by atomic mass is 35.5. The Bertz CT molecular complexity index is 1530. The molecule has 12 heteroatoms. The molecule has 4 amide bonds. The number of benzene rings is 3. The van der Waals surface area contributed by atoms with Gasteiger partial charge in [-0.25, -0.2) is 4.79 Å². The van der Waals surface area contributed by atoms with Crippen LogP contribution in [-0.2, 0) is 19.1 Å². The van der Waals surface area contributed by atoms with E-state index in [1.807, 2.05) is 6.07 Å². The molecule has 1 aliphatic rings. The fraction of sp³-hybridized carbons (Fsp3) is 0.138. The van der Waals surface area contributed by atoms with E-state index in [9.17, 15) is 24.0 Å². The fourth-order valence-electron chi connectivity index (χ4n) is 3.68. The number of nitrogens with one attached hydrogen (secondary N) is 2. The molecule has 4 rings (SSSR count). The Morgan fingerprint density at radius 1 is 0.927 bits per heavy atom. The molecule has 10 nitrogen and oxygen atoms in total. The smallest absolute Gasteiger partial charge is 0.339 e. The van der Waals surface area contributed by atoms with Crippen LogP contribution in [0.25, 0.3) is 6.08 Å². The number of ether oxygens (including phenoxy) is 2. The zero-order valence-electron chi connectivity index (χ0n) is 21.7. The van der Waals surface area contributed by atoms with E-state index in [1.54, 1.807) is 55.5 Å². The quantitative estimate of drug-likeness (QED) is 0.242. The van der Waals surface area contributed by atoms with Crippen molar-refractivity contribution < 1.29 is 33.4 Å². The number of rotatable bonds is 10. The zero-order chi connectivity index (χ0) is 29.4. The predicted molar refractivity (Wildman–Crippen MR) is 156 cm³/mol. The summed E-state index contributed by atoms with van der Waals surface area (Å²) in [5, 5.41) is 4.80. The number of esters is 1. The molecule has 0 unspecified atom stereocenters. The van der Waals surface area contributed by atoms with E-state index >= 15 is 0 Å². The Balaban J connectivity index is 1.40. The van der Waals surface area contributed by atoms with Gasteiger partial charge in [0, 0.05) is 16.9 Å². The highest BCUT2D eigenvalue weighted by Crippen LogP contribution is 2.34. The Kier molecular flexibility index (Phi) is 9.77. The highest BCUT2D eigenvalue weighted by molar-refractivity contribution is 8.18. The van der Waals surface area contributed by atoms with Gasteiger partial charge in [0.1, 0.15) is 12.3 Å². The van der Waals surface area contributed by atoms with Crippen LogP contribution in [0.3, 0.4) is 0 Å². The van der Waals surface area contributed by atoms with E-state index in [0.29, 0.717) is 28.8 Å². The molecule has 1 aliphatic heterocycles. The largest absolute Gasteiger partial charge is 0.483 e. The molecule has 0 atom stereocenters. The highest BCUT2D eigenvalue weighted by Gasteiger charge is 2.36. The van der Waals surface area contributed by atoms with E-state index in [2.05, 4.69) is 10.6 Å². The predicted octanol–water partition coefficient (Wildman–Crippen LogP) is 5.21. The van der Waals surface area contributed by atoms with Crippen LogP contribution in [-0.4, -0.2) is 53.6 Å². The lowest BCUT2D eigenvalue weighted by Gasteiger charge is -2.13. The lowest BCUT2D eigenvalue weighted by molar-refractivity contribution is -0.127. The second-order valence-corrected chi connectivity index (χ2v) is 9.87. The fourth-order valence-corrected chi connectivity index (χ4v) is 4.71. The van der Waals surface area contributed by atoms with Crippen LogP contribution in [0, 0.1) is 0 Å². The topological polar surface area (TPSA) is 131 Å². The standard InChI is InChI=1S/C29H24ClN3O7S/c1-2-39-28(37)21-15-20(12-13-22(21)30)32-25(34)16-33-27(36)24(41-29(33)38)14-18-8-6-7-11-23(18)40-17-26(35)31-19-9-4-3-5-10-19/h3-15H,2,16-17H2,1H3,(H,31,35)(H,32,34)/b24-14+. The molecule has 3 aromatic rings. The summed E-state index contributed by atoms with van der Waals surface area (Å²) >= 11 is 6.73. The Morgan fingerprint density at radius 3 is 2.39 bits per heavy atom. The number of amides is 4. The number of imide groups is 1. The maximum Gasteiger partial charge on any atom is 0.339 e. The first-order valence-electron chi connectivity index (χ1n) is 12.3. The lowest BCUT2D eigenvalue weighted by atomic mass is 10.2. The van der Waals surface area contributed by atoms with Crippen molar-refractivity contribution in [2.75, 3.05) is 30.4 Å². The van der Waals surface area contributed by atoms with Gasteiger partial charge < -0.3 is 20.1 Å². The van der Waals surface area contributed by atoms with Crippen molar-refractivity contribution in [2.24, 2.45) is 0 Å². The molecule has 1 heterocycles. The minimum absolute atomic E-state index is 0.0684. The molecule has 210 valence electrons. The first kappa shape index (κ1) is 29.4. The average Bonchev–Trinajstić information content (AvgIpc) is 3.21. The molecule has 0 aromatic heterocycles. The third-order valence-corrected chi connectivity index (χ3v) is 6.78. The summed E-state index contributed by atoms with van der Waals surface area (Å²) in [4.78, 5) is 63.5. The van der Waals surface area contributed by atoms with Crippen LogP contribution < -0.4 is 15.4 Å². The van der Waals surface area contributed by atoms with Gasteiger partial charge in [0.2, 0.25) is 5.91 Å². The van der Waals surface area contributed by atoms with Gasteiger partial charge in [0.05, 0.1) is 22.1 Å². The van der Waals surface area contributed by atoms with Gasteiger partial charge in [0.25, 0.3) is 17.1 Å². The van der Waals surface area contributed by atoms with Crippen LogP contribution in [0.2, 0.25) is 5.02 Å². The third-order valence-electron chi connectivity index (χ3n) is 5.54. The Hall–Kier alpha value is -4.61. The van der Waals surface area contributed by atoms with Crippen molar-refractivity contribution in [3.05, 3.63) is 93.9 Å². The third kappa shape index (κ3) is 7.74. The molecule has 41 heavy (non-hydrogen) atoms. The number of carbonyl (C=O) groups is 5. The first-order valence-corrected chi connectivity index (χ1v) is 13.5. The van der Waals surface area contributed by atoms with Gasteiger partial charge in [-0.05, 0) is 61.2 Å². The molecule has 0 aliphatic carbocycles. The van der Waals surface area contributed by atoms with E-state index < -0.39 is 29.6 Å².